The van der Waals surface area contributed by atoms with Gasteiger partial charge < -0.3 is 10.1 Å². The summed E-state index contributed by atoms with van der Waals surface area (Å²) in [5.41, 5.74) is 0. The van der Waals surface area contributed by atoms with Gasteiger partial charge >= 0.3 is 0 Å². The maximum atomic E-state index is 13.0. The number of carbonyl (C=O) groups excluding carboxylic acids is 1. The van der Waals surface area contributed by atoms with Crippen molar-refractivity contribution in [2.45, 2.75) is 0 Å². The molecular weight excluding hydrogens is 216 g/mol. The zero-order valence-electron chi connectivity index (χ0n) is 8.30. The number of hydrogen-bond donors (Lipinski definition) is 1. The number of terminal acetylenes is 1. The summed E-state index contributed by atoms with van der Waals surface area (Å²) in [5, 5.41) is 2.32. The van der Waals surface area contributed by atoms with Crippen molar-refractivity contribution >= 4 is 5.91 Å². The van der Waals surface area contributed by atoms with Crippen LogP contribution < -0.4 is 10.1 Å². The molecular formula is C11H9F2NO2. The fourth-order valence-corrected chi connectivity index (χ4v) is 0.939. The SMILES string of the molecule is C#CCNC(=O)COc1cccc(F)c1F. The van der Waals surface area contributed by atoms with Crippen LogP contribution in [0.4, 0.5) is 8.78 Å². The molecule has 0 radical (unpaired) electrons. The Kier molecular flexibility index (Phi) is 4.28. The Bertz CT molecular complexity index is 426. The maximum absolute atomic E-state index is 13.0. The van der Waals surface area contributed by atoms with Gasteiger partial charge in [0.1, 0.15) is 0 Å². The molecule has 0 atom stereocenters. The van der Waals surface area contributed by atoms with Crippen LogP contribution >= 0.6 is 0 Å². The largest absolute Gasteiger partial charge is 0.481 e. The lowest BCUT2D eigenvalue weighted by Crippen LogP contribution is -2.29. The van der Waals surface area contributed by atoms with Gasteiger partial charge in [0.15, 0.2) is 18.2 Å². The standard InChI is InChI=1S/C11H9F2NO2/c1-2-6-14-10(15)7-16-9-5-3-4-8(12)11(9)13/h1,3-5H,6-7H2,(H,14,15). The Hall–Kier alpha value is -2.09. The number of nitrogens with one attached hydrogen (secondary N) is 1. The van der Waals surface area contributed by atoms with E-state index in [2.05, 4.69) is 11.2 Å². The molecule has 0 aliphatic rings. The van der Waals surface area contributed by atoms with Crippen molar-refractivity contribution in [1.29, 1.82) is 0 Å². The molecule has 0 fully saturated rings. The third kappa shape index (κ3) is 3.24. The highest BCUT2D eigenvalue weighted by molar-refractivity contribution is 5.77. The molecule has 0 aliphatic carbocycles. The fraction of sp³-hybridized carbons (Fsp3) is 0.182. The third-order valence-electron chi connectivity index (χ3n) is 1.66. The number of rotatable bonds is 4. The molecule has 0 saturated heterocycles. The summed E-state index contributed by atoms with van der Waals surface area (Å²) in [7, 11) is 0. The normalized spacial score (nSPS) is 9.31. The lowest BCUT2D eigenvalue weighted by Gasteiger charge is -2.06. The molecule has 0 unspecified atom stereocenters. The first-order valence-electron chi connectivity index (χ1n) is 4.42. The van der Waals surface area contributed by atoms with Crippen LogP contribution in [0.2, 0.25) is 0 Å². The summed E-state index contributed by atoms with van der Waals surface area (Å²) >= 11 is 0. The van der Waals surface area contributed by atoms with Crippen LogP contribution in [0.3, 0.4) is 0 Å². The summed E-state index contributed by atoms with van der Waals surface area (Å²) in [6, 6.07) is 3.47. The second-order valence-electron chi connectivity index (χ2n) is 2.82. The van der Waals surface area contributed by atoms with Crippen molar-refractivity contribution < 1.29 is 18.3 Å². The molecule has 1 amide bonds. The van der Waals surface area contributed by atoms with E-state index in [1.165, 1.54) is 12.1 Å². The van der Waals surface area contributed by atoms with E-state index in [0.29, 0.717) is 0 Å². The quantitative estimate of drug-likeness (QED) is 0.779. The van der Waals surface area contributed by atoms with E-state index >= 15 is 0 Å². The van der Waals surface area contributed by atoms with Crippen LogP contribution in [-0.4, -0.2) is 19.1 Å². The van der Waals surface area contributed by atoms with Crippen molar-refractivity contribution in [2.24, 2.45) is 0 Å². The van der Waals surface area contributed by atoms with E-state index in [1.54, 1.807) is 0 Å². The minimum Gasteiger partial charge on any atom is -0.481 e. The Morgan fingerprint density at radius 1 is 1.50 bits per heavy atom. The van der Waals surface area contributed by atoms with Crippen LogP contribution in [0, 0.1) is 24.0 Å². The molecule has 3 nitrogen and oxygen atoms in total. The van der Waals surface area contributed by atoms with Crippen LogP contribution in [0.25, 0.3) is 0 Å². The van der Waals surface area contributed by atoms with E-state index in [0.717, 1.165) is 6.07 Å². The number of carbonyl (C=O) groups is 1. The monoisotopic (exact) mass is 225 g/mol. The molecule has 0 aliphatic heterocycles. The molecule has 16 heavy (non-hydrogen) atoms. The molecule has 0 heterocycles. The van der Waals surface area contributed by atoms with Gasteiger partial charge in [0.05, 0.1) is 6.54 Å². The van der Waals surface area contributed by atoms with Crippen molar-refractivity contribution in [3.63, 3.8) is 0 Å². The average Bonchev–Trinajstić information content (AvgIpc) is 2.28. The molecule has 0 aromatic heterocycles. The van der Waals surface area contributed by atoms with E-state index in [9.17, 15) is 13.6 Å². The molecule has 1 N–H and O–H groups in total. The molecule has 1 aromatic rings. The van der Waals surface area contributed by atoms with Gasteiger partial charge in [-0.15, -0.1) is 6.42 Å². The van der Waals surface area contributed by atoms with Crippen molar-refractivity contribution in [1.82, 2.24) is 5.32 Å². The topological polar surface area (TPSA) is 38.3 Å². The smallest absolute Gasteiger partial charge is 0.258 e. The first-order valence-corrected chi connectivity index (χ1v) is 4.42. The van der Waals surface area contributed by atoms with Crippen LogP contribution in [-0.2, 0) is 4.79 Å². The van der Waals surface area contributed by atoms with Gasteiger partial charge in [-0.1, -0.05) is 12.0 Å². The first-order chi connectivity index (χ1) is 7.65. The van der Waals surface area contributed by atoms with Gasteiger partial charge in [-0.05, 0) is 12.1 Å². The van der Waals surface area contributed by atoms with Gasteiger partial charge in [0, 0.05) is 0 Å². The van der Waals surface area contributed by atoms with Crippen molar-refractivity contribution in [3.05, 3.63) is 29.8 Å². The predicted molar refractivity (Wildman–Crippen MR) is 53.7 cm³/mol. The lowest BCUT2D eigenvalue weighted by molar-refractivity contribution is -0.122. The molecule has 0 saturated carbocycles. The summed E-state index contributed by atoms with van der Waals surface area (Å²) in [5.74, 6) is -0.757. The number of hydrogen-bond acceptors (Lipinski definition) is 2. The maximum Gasteiger partial charge on any atom is 0.258 e. The third-order valence-corrected chi connectivity index (χ3v) is 1.66. The second kappa shape index (κ2) is 5.71. The Morgan fingerprint density at radius 3 is 2.94 bits per heavy atom. The summed E-state index contributed by atoms with van der Waals surface area (Å²) in [6.07, 6.45) is 4.91. The van der Waals surface area contributed by atoms with Gasteiger partial charge in [-0.3, -0.25) is 4.79 Å². The molecule has 1 rings (SSSR count). The van der Waals surface area contributed by atoms with Crippen LogP contribution in [0.15, 0.2) is 18.2 Å². The highest BCUT2D eigenvalue weighted by Crippen LogP contribution is 2.18. The molecule has 5 heteroatoms. The number of halogens is 2. The van der Waals surface area contributed by atoms with Crippen LogP contribution in [0.1, 0.15) is 0 Å². The van der Waals surface area contributed by atoms with E-state index in [1.807, 2.05) is 0 Å². The van der Waals surface area contributed by atoms with Crippen molar-refractivity contribution in [3.8, 4) is 18.1 Å². The Labute approximate surface area is 91.4 Å². The number of ether oxygens (including phenoxy) is 1. The average molecular weight is 225 g/mol. The zero-order chi connectivity index (χ0) is 12.0. The van der Waals surface area contributed by atoms with Gasteiger partial charge in [0.2, 0.25) is 5.82 Å². The molecule has 1 aromatic carbocycles. The minimum atomic E-state index is -1.12. The predicted octanol–water partition coefficient (Wildman–Crippen LogP) is 1.09. The Balaban J connectivity index is 2.52. The summed E-state index contributed by atoms with van der Waals surface area (Å²) in [6.45, 7) is -0.351. The lowest BCUT2D eigenvalue weighted by atomic mass is 10.3. The van der Waals surface area contributed by atoms with E-state index in [-0.39, 0.29) is 12.3 Å². The Morgan fingerprint density at radius 2 is 2.25 bits per heavy atom. The number of amides is 1. The second-order valence-corrected chi connectivity index (χ2v) is 2.82. The van der Waals surface area contributed by atoms with Gasteiger partial charge in [0.25, 0.3) is 5.91 Å². The highest BCUT2D eigenvalue weighted by atomic mass is 19.2. The summed E-state index contributed by atoms with van der Waals surface area (Å²) in [4.78, 5) is 11.0. The molecule has 0 spiro atoms. The summed E-state index contributed by atoms with van der Waals surface area (Å²) < 4.78 is 30.5. The zero-order valence-corrected chi connectivity index (χ0v) is 8.30. The highest BCUT2D eigenvalue weighted by Gasteiger charge is 2.09. The van der Waals surface area contributed by atoms with Gasteiger partial charge in [-0.2, -0.15) is 4.39 Å². The van der Waals surface area contributed by atoms with Crippen LogP contribution in [0.5, 0.6) is 5.75 Å². The van der Waals surface area contributed by atoms with E-state index < -0.39 is 24.1 Å². The molecule has 0 bridgehead atoms. The molecule has 84 valence electrons. The van der Waals surface area contributed by atoms with Gasteiger partial charge in [-0.25, -0.2) is 4.39 Å². The number of benzene rings is 1. The van der Waals surface area contributed by atoms with Crippen molar-refractivity contribution in [2.75, 3.05) is 13.2 Å². The van der Waals surface area contributed by atoms with E-state index in [4.69, 9.17) is 11.2 Å². The minimum absolute atomic E-state index is 0.0633. The first kappa shape index (κ1) is 12.0. The fourth-order valence-electron chi connectivity index (χ4n) is 0.939.